The van der Waals surface area contributed by atoms with Crippen LogP contribution in [-0.2, 0) is 11.3 Å². The molecule has 0 bridgehead atoms. The maximum atomic E-state index is 13.6. The fraction of sp³-hybridized carbons (Fsp3) is 0.0357. The molecule has 0 atom stereocenters. The highest BCUT2D eigenvalue weighted by Gasteiger charge is 2.18. The summed E-state index contributed by atoms with van der Waals surface area (Å²) in [6, 6.07) is 22.8. The third-order valence-corrected chi connectivity index (χ3v) is 7.42. The number of rotatable bonds is 6. The van der Waals surface area contributed by atoms with Gasteiger partial charge in [-0.1, -0.05) is 47.5 Å². The second kappa shape index (κ2) is 11.0. The molecule has 3 aromatic heterocycles. The molecule has 5 aromatic rings. The van der Waals surface area contributed by atoms with Gasteiger partial charge in [-0.2, -0.15) is 5.26 Å². The number of thiazole rings is 1. The molecule has 0 saturated heterocycles. The Balaban J connectivity index is 1.63. The Morgan fingerprint density at radius 3 is 2.61 bits per heavy atom. The maximum absolute atomic E-state index is 13.6. The van der Waals surface area contributed by atoms with Crippen LogP contribution in [0, 0.1) is 11.3 Å². The van der Waals surface area contributed by atoms with E-state index in [1.54, 1.807) is 72.8 Å². The summed E-state index contributed by atoms with van der Waals surface area (Å²) in [5, 5.41) is 13.3. The fourth-order valence-electron chi connectivity index (χ4n) is 3.72. The first-order valence-electron chi connectivity index (χ1n) is 11.2. The minimum Gasteiger partial charge on any atom is -0.467 e. The van der Waals surface area contributed by atoms with Crippen molar-refractivity contribution >= 4 is 52.1 Å². The van der Waals surface area contributed by atoms with Crippen molar-refractivity contribution in [1.82, 2.24) is 9.88 Å². The molecule has 0 spiro atoms. The largest absolute Gasteiger partial charge is 0.467 e. The van der Waals surface area contributed by atoms with Gasteiger partial charge in [0.2, 0.25) is 0 Å². The number of carbonyl (C=O) groups excluding carboxylic acids is 1. The van der Waals surface area contributed by atoms with Gasteiger partial charge >= 0.3 is 0 Å². The Morgan fingerprint density at radius 1 is 1.05 bits per heavy atom. The SMILES string of the molecule is N#C/C(C(=O)NCc1ccco1)=c1/s/c(=C\c2ccc(-c3cccc(Cl)c3Cl)o2)c(=O)n1-c1ccccc1. The van der Waals surface area contributed by atoms with Crippen molar-refractivity contribution in [1.29, 1.82) is 5.26 Å². The second-order valence-corrected chi connectivity index (χ2v) is 9.76. The molecule has 0 unspecified atom stereocenters. The monoisotopic (exact) mass is 561 g/mol. The molecule has 10 heteroatoms. The first-order chi connectivity index (χ1) is 18.5. The van der Waals surface area contributed by atoms with Crippen molar-refractivity contribution in [3.63, 3.8) is 0 Å². The van der Waals surface area contributed by atoms with E-state index >= 15 is 0 Å². The quantitative estimate of drug-likeness (QED) is 0.318. The van der Waals surface area contributed by atoms with Crippen molar-refractivity contribution in [3.05, 3.63) is 120 Å². The van der Waals surface area contributed by atoms with Gasteiger partial charge in [-0.15, -0.1) is 11.3 Å². The molecule has 2 aromatic carbocycles. The number of aromatic nitrogens is 1. The first kappa shape index (κ1) is 25.4. The van der Waals surface area contributed by atoms with Crippen LogP contribution in [0.25, 0.3) is 28.7 Å². The number of benzene rings is 2. The second-order valence-electron chi connectivity index (χ2n) is 7.94. The van der Waals surface area contributed by atoms with E-state index in [1.807, 2.05) is 12.1 Å². The molecular weight excluding hydrogens is 545 g/mol. The number of carbonyl (C=O) groups is 1. The van der Waals surface area contributed by atoms with Gasteiger partial charge < -0.3 is 14.2 Å². The number of nitrogens with one attached hydrogen (secondary N) is 1. The molecule has 38 heavy (non-hydrogen) atoms. The lowest BCUT2D eigenvalue weighted by atomic mass is 10.2. The van der Waals surface area contributed by atoms with Gasteiger partial charge in [0.25, 0.3) is 11.5 Å². The summed E-state index contributed by atoms with van der Waals surface area (Å²) in [4.78, 5) is 26.5. The van der Waals surface area contributed by atoms with E-state index in [2.05, 4.69) is 5.32 Å². The van der Waals surface area contributed by atoms with Crippen molar-refractivity contribution < 1.29 is 13.6 Å². The lowest BCUT2D eigenvalue weighted by Gasteiger charge is -2.04. The highest BCUT2D eigenvalue weighted by atomic mass is 35.5. The van der Waals surface area contributed by atoms with E-state index in [4.69, 9.17) is 32.0 Å². The summed E-state index contributed by atoms with van der Waals surface area (Å²) in [7, 11) is 0. The Labute approximate surface area is 230 Å². The first-order valence-corrected chi connectivity index (χ1v) is 12.8. The van der Waals surface area contributed by atoms with E-state index in [9.17, 15) is 14.9 Å². The van der Waals surface area contributed by atoms with Gasteiger partial charge in [-0.3, -0.25) is 14.2 Å². The number of para-hydroxylation sites is 1. The molecule has 5 rings (SSSR count). The van der Waals surface area contributed by atoms with Crippen molar-refractivity contribution in [2.75, 3.05) is 0 Å². The third kappa shape index (κ3) is 5.08. The maximum Gasteiger partial charge on any atom is 0.273 e. The molecule has 1 amide bonds. The molecule has 3 heterocycles. The summed E-state index contributed by atoms with van der Waals surface area (Å²) in [5.74, 6) is 0.773. The predicted octanol–water partition coefficient (Wildman–Crippen LogP) is 4.88. The number of furan rings is 2. The van der Waals surface area contributed by atoms with Gasteiger partial charge in [0, 0.05) is 11.6 Å². The van der Waals surface area contributed by atoms with Crippen molar-refractivity contribution in [2.45, 2.75) is 6.54 Å². The molecule has 188 valence electrons. The van der Waals surface area contributed by atoms with E-state index in [0.717, 1.165) is 11.3 Å². The minimum absolute atomic E-state index is 0.0954. The number of halogens is 2. The Kier molecular flexibility index (Phi) is 7.33. The van der Waals surface area contributed by atoms with Gasteiger partial charge in [0.15, 0.2) is 5.57 Å². The standard InChI is InChI=1S/C28H17Cl2N3O4S/c29-22-10-4-9-20(25(22)30)23-12-11-18(37-23)14-24-27(35)33(17-6-2-1-3-7-17)28(38-24)21(15-31)26(34)32-16-19-8-5-13-36-19/h1-14H,16H2,(H,32,34)/b24-14-,28-21-. The number of hydrogen-bond acceptors (Lipinski definition) is 6. The zero-order chi connectivity index (χ0) is 26.6. The Morgan fingerprint density at radius 2 is 1.87 bits per heavy atom. The number of nitrogens with zero attached hydrogens (tertiary/aromatic N) is 2. The molecule has 0 aliphatic rings. The Bertz CT molecular complexity index is 1850. The van der Waals surface area contributed by atoms with Crippen LogP contribution in [0.3, 0.4) is 0 Å². The Hall–Kier alpha value is -4.29. The normalized spacial score (nSPS) is 12.3. The molecule has 0 aliphatic heterocycles. The molecule has 7 nitrogen and oxygen atoms in total. The zero-order valence-electron chi connectivity index (χ0n) is 19.5. The van der Waals surface area contributed by atoms with E-state index in [-0.39, 0.29) is 21.3 Å². The summed E-state index contributed by atoms with van der Waals surface area (Å²) < 4.78 is 13.0. The number of hydrogen-bond donors (Lipinski definition) is 1. The van der Waals surface area contributed by atoms with Gasteiger partial charge in [-0.25, -0.2) is 0 Å². The topological polar surface area (TPSA) is 101 Å². The van der Waals surface area contributed by atoms with E-state index in [0.29, 0.717) is 38.6 Å². The molecule has 1 N–H and O–H groups in total. The van der Waals surface area contributed by atoms with Crippen LogP contribution in [0.1, 0.15) is 11.5 Å². The van der Waals surface area contributed by atoms with Crippen LogP contribution in [0.5, 0.6) is 0 Å². The summed E-state index contributed by atoms with van der Waals surface area (Å²) in [6.07, 6.45) is 3.05. The lowest BCUT2D eigenvalue weighted by molar-refractivity contribution is -0.115. The highest BCUT2D eigenvalue weighted by Crippen LogP contribution is 2.34. The highest BCUT2D eigenvalue weighted by molar-refractivity contribution is 7.07. The molecule has 0 saturated carbocycles. The average molecular weight is 562 g/mol. The van der Waals surface area contributed by atoms with Crippen LogP contribution in [0.4, 0.5) is 0 Å². The molecule has 0 fully saturated rings. The van der Waals surface area contributed by atoms with E-state index in [1.165, 1.54) is 10.8 Å². The summed E-state index contributed by atoms with van der Waals surface area (Å²) >= 11 is 13.5. The predicted molar refractivity (Wildman–Crippen MR) is 146 cm³/mol. The van der Waals surface area contributed by atoms with Gasteiger partial charge in [-0.05, 0) is 48.5 Å². The molecule has 0 radical (unpaired) electrons. The van der Waals surface area contributed by atoms with Crippen molar-refractivity contribution in [2.24, 2.45) is 0 Å². The van der Waals surface area contributed by atoms with Crippen LogP contribution < -0.4 is 20.1 Å². The van der Waals surface area contributed by atoms with Gasteiger partial charge in [0.1, 0.15) is 28.0 Å². The zero-order valence-corrected chi connectivity index (χ0v) is 21.8. The third-order valence-electron chi connectivity index (χ3n) is 5.51. The van der Waals surface area contributed by atoms with E-state index < -0.39 is 11.5 Å². The van der Waals surface area contributed by atoms with Crippen LogP contribution >= 0.6 is 34.5 Å². The molecule has 0 aliphatic carbocycles. The van der Waals surface area contributed by atoms with Crippen LogP contribution in [0.15, 0.2) is 92.7 Å². The van der Waals surface area contributed by atoms with Crippen LogP contribution in [0.2, 0.25) is 10.0 Å². The van der Waals surface area contributed by atoms with Gasteiger partial charge in [0.05, 0.1) is 33.1 Å². The summed E-state index contributed by atoms with van der Waals surface area (Å²) in [6.45, 7) is 0.0954. The van der Waals surface area contributed by atoms with Crippen LogP contribution in [-0.4, -0.2) is 10.5 Å². The smallest absolute Gasteiger partial charge is 0.273 e. The summed E-state index contributed by atoms with van der Waals surface area (Å²) in [5.41, 5.74) is 0.524. The minimum atomic E-state index is -0.628. The fourth-order valence-corrected chi connectivity index (χ4v) is 5.20. The number of nitriles is 1. The number of amides is 1. The average Bonchev–Trinajstić information content (AvgIpc) is 3.68. The lowest BCUT2D eigenvalue weighted by Crippen LogP contribution is -2.33. The molecular formula is C28H17Cl2N3O4S. The van der Waals surface area contributed by atoms with Crippen molar-refractivity contribution in [3.8, 4) is 23.1 Å².